The Morgan fingerprint density at radius 1 is 1.35 bits per heavy atom. The number of hydrogen-bond acceptors (Lipinski definition) is 6. The molecule has 23 heavy (non-hydrogen) atoms. The van der Waals surface area contributed by atoms with Crippen molar-refractivity contribution in [1.29, 1.82) is 0 Å². The topological polar surface area (TPSA) is 111 Å². The minimum Gasteiger partial charge on any atom is -0.272 e. The molecule has 0 amide bonds. The van der Waals surface area contributed by atoms with Crippen LogP contribution in [0, 0.1) is 32.1 Å². The van der Waals surface area contributed by atoms with Gasteiger partial charge in [0.2, 0.25) is 0 Å². The normalized spacial score (nSPS) is 19.5. The molecule has 8 heteroatoms. The van der Waals surface area contributed by atoms with E-state index in [0.29, 0.717) is 11.8 Å². The van der Waals surface area contributed by atoms with E-state index in [1.165, 1.54) is 12.1 Å². The molecule has 2 unspecified atom stereocenters. The van der Waals surface area contributed by atoms with Gasteiger partial charge in [-0.2, -0.15) is 5.10 Å². The number of nitro benzene ring substituents is 2. The Hall–Kier alpha value is -2.77. The van der Waals surface area contributed by atoms with E-state index in [4.69, 9.17) is 0 Å². The Balaban J connectivity index is 1.93. The van der Waals surface area contributed by atoms with Crippen molar-refractivity contribution in [3.63, 3.8) is 0 Å². The van der Waals surface area contributed by atoms with Crippen LogP contribution in [0.4, 0.5) is 17.1 Å². The molecule has 1 aliphatic rings. The standard InChI is InChI=1S/C15H18N4O4/c1-2-3-4-5-11-8-12(11)10-16-17-14-7-6-13(18(20)21)9-15(14)19(22)23/h2,6-7,9-12,17H,1,3-5,8H2/b16-10+. The molecule has 122 valence electrons. The van der Waals surface area contributed by atoms with E-state index in [-0.39, 0.29) is 17.1 Å². The van der Waals surface area contributed by atoms with Crippen molar-refractivity contribution < 1.29 is 9.85 Å². The summed E-state index contributed by atoms with van der Waals surface area (Å²) in [7, 11) is 0. The van der Waals surface area contributed by atoms with Crippen LogP contribution in [0.2, 0.25) is 0 Å². The van der Waals surface area contributed by atoms with Gasteiger partial charge in [0.05, 0.1) is 15.9 Å². The van der Waals surface area contributed by atoms with Crippen molar-refractivity contribution in [2.24, 2.45) is 16.9 Å². The highest BCUT2D eigenvalue weighted by Gasteiger charge is 2.34. The maximum Gasteiger partial charge on any atom is 0.301 e. The summed E-state index contributed by atoms with van der Waals surface area (Å²) in [5, 5.41) is 25.7. The third-order valence-corrected chi connectivity index (χ3v) is 3.80. The molecule has 2 atom stereocenters. The highest BCUT2D eigenvalue weighted by Crippen LogP contribution is 2.41. The molecular formula is C15H18N4O4. The maximum absolute atomic E-state index is 11.0. The van der Waals surface area contributed by atoms with Gasteiger partial charge in [0.15, 0.2) is 0 Å². The Bertz CT molecular complexity index is 644. The van der Waals surface area contributed by atoms with Gasteiger partial charge in [-0.05, 0) is 43.6 Å². The van der Waals surface area contributed by atoms with Crippen LogP contribution in [-0.2, 0) is 0 Å². The molecule has 1 fully saturated rings. The van der Waals surface area contributed by atoms with Gasteiger partial charge < -0.3 is 0 Å². The lowest BCUT2D eigenvalue weighted by atomic mass is 10.1. The van der Waals surface area contributed by atoms with Crippen LogP contribution in [-0.4, -0.2) is 16.1 Å². The van der Waals surface area contributed by atoms with Crippen LogP contribution < -0.4 is 5.43 Å². The number of benzene rings is 1. The lowest BCUT2D eigenvalue weighted by Gasteiger charge is -2.01. The van der Waals surface area contributed by atoms with E-state index in [2.05, 4.69) is 17.1 Å². The number of hydrazone groups is 1. The predicted molar refractivity (Wildman–Crippen MR) is 87.5 cm³/mol. The number of rotatable bonds is 9. The highest BCUT2D eigenvalue weighted by atomic mass is 16.6. The summed E-state index contributed by atoms with van der Waals surface area (Å²) in [5.74, 6) is 1.01. The van der Waals surface area contributed by atoms with E-state index in [0.717, 1.165) is 31.7 Å². The minimum atomic E-state index is -0.669. The van der Waals surface area contributed by atoms with Crippen molar-refractivity contribution in [3.8, 4) is 0 Å². The smallest absolute Gasteiger partial charge is 0.272 e. The zero-order valence-corrected chi connectivity index (χ0v) is 12.6. The molecule has 1 saturated carbocycles. The van der Waals surface area contributed by atoms with Crippen LogP contribution in [0.25, 0.3) is 0 Å². The lowest BCUT2D eigenvalue weighted by molar-refractivity contribution is -0.393. The first kappa shape index (κ1) is 16.6. The molecule has 1 N–H and O–H groups in total. The third kappa shape index (κ3) is 4.60. The number of allylic oxidation sites excluding steroid dienone is 1. The van der Waals surface area contributed by atoms with Crippen LogP contribution in [0.3, 0.4) is 0 Å². The Morgan fingerprint density at radius 2 is 2.13 bits per heavy atom. The molecule has 1 aromatic carbocycles. The summed E-state index contributed by atoms with van der Waals surface area (Å²) in [5.41, 5.74) is 2.06. The average Bonchev–Trinajstić information content (AvgIpc) is 3.25. The minimum absolute atomic E-state index is 0.140. The molecule has 0 saturated heterocycles. The van der Waals surface area contributed by atoms with E-state index in [1.807, 2.05) is 6.08 Å². The van der Waals surface area contributed by atoms with Gasteiger partial charge in [0, 0.05) is 12.3 Å². The first-order valence-electron chi connectivity index (χ1n) is 7.36. The van der Waals surface area contributed by atoms with Gasteiger partial charge in [0.25, 0.3) is 5.69 Å². The summed E-state index contributed by atoms with van der Waals surface area (Å²) >= 11 is 0. The number of nitrogens with one attached hydrogen (secondary N) is 1. The van der Waals surface area contributed by atoms with Crippen molar-refractivity contribution >= 4 is 23.3 Å². The second-order valence-electron chi connectivity index (χ2n) is 5.48. The Kier molecular flexibility index (Phi) is 5.40. The fourth-order valence-electron chi connectivity index (χ4n) is 2.39. The van der Waals surface area contributed by atoms with Crippen LogP contribution in [0.1, 0.15) is 25.7 Å². The second-order valence-corrected chi connectivity index (χ2v) is 5.48. The molecule has 0 aromatic heterocycles. The zero-order valence-electron chi connectivity index (χ0n) is 12.6. The molecule has 0 radical (unpaired) electrons. The summed E-state index contributed by atoms with van der Waals surface area (Å²) in [4.78, 5) is 20.3. The number of nitro groups is 2. The average molecular weight is 318 g/mol. The van der Waals surface area contributed by atoms with Gasteiger partial charge in [-0.15, -0.1) is 6.58 Å². The fourth-order valence-corrected chi connectivity index (χ4v) is 2.39. The molecule has 0 bridgehead atoms. The van der Waals surface area contributed by atoms with E-state index in [1.54, 1.807) is 6.21 Å². The zero-order chi connectivity index (χ0) is 16.8. The number of hydrogen-bond donors (Lipinski definition) is 1. The Morgan fingerprint density at radius 3 is 2.78 bits per heavy atom. The van der Waals surface area contributed by atoms with Crippen molar-refractivity contribution in [2.75, 3.05) is 5.43 Å². The van der Waals surface area contributed by atoms with Crippen molar-refractivity contribution in [1.82, 2.24) is 0 Å². The Labute approximate surface area is 133 Å². The molecule has 2 rings (SSSR count). The second kappa shape index (κ2) is 7.48. The molecule has 0 heterocycles. The number of anilines is 1. The summed E-state index contributed by atoms with van der Waals surface area (Å²) in [6, 6.07) is 3.43. The third-order valence-electron chi connectivity index (χ3n) is 3.80. The number of unbranched alkanes of at least 4 members (excludes halogenated alkanes) is 1. The molecular weight excluding hydrogens is 300 g/mol. The quantitative estimate of drug-likeness (QED) is 0.244. The van der Waals surface area contributed by atoms with Gasteiger partial charge in [-0.25, -0.2) is 0 Å². The lowest BCUT2D eigenvalue weighted by Crippen LogP contribution is -1.99. The van der Waals surface area contributed by atoms with Crippen LogP contribution in [0.15, 0.2) is 36.0 Å². The van der Waals surface area contributed by atoms with Gasteiger partial charge >= 0.3 is 5.69 Å². The molecule has 1 aliphatic carbocycles. The highest BCUT2D eigenvalue weighted by molar-refractivity contribution is 5.69. The summed E-state index contributed by atoms with van der Waals surface area (Å²) in [6.07, 6.45) is 7.98. The number of non-ortho nitro benzene ring substituents is 1. The first-order chi connectivity index (χ1) is 11.0. The van der Waals surface area contributed by atoms with Crippen LogP contribution in [0.5, 0.6) is 0 Å². The van der Waals surface area contributed by atoms with Crippen LogP contribution >= 0.6 is 0 Å². The van der Waals surface area contributed by atoms with Gasteiger partial charge in [-0.1, -0.05) is 6.08 Å². The maximum atomic E-state index is 11.0. The monoisotopic (exact) mass is 318 g/mol. The van der Waals surface area contributed by atoms with Gasteiger partial charge in [0.1, 0.15) is 5.69 Å². The SMILES string of the molecule is C=CCCCC1CC1/C=N/Nc1ccc([N+](=O)[O-])cc1[N+](=O)[O-]. The van der Waals surface area contributed by atoms with Crippen molar-refractivity contribution in [3.05, 3.63) is 51.1 Å². The first-order valence-corrected chi connectivity index (χ1v) is 7.36. The molecule has 0 aliphatic heterocycles. The summed E-state index contributed by atoms with van der Waals surface area (Å²) < 4.78 is 0. The van der Waals surface area contributed by atoms with Crippen molar-refractivity contribution in [2.45, 2.75) is 25.7 Å². The predicted octanol–water partition coefficient (Wildman–Crippen LogP) is 3.89. The molecule has 1 aromatic rings. The number of nitrogens with zero attached hydrogens (tertiary/aromatic N) is 3. The van der Waals surface area contributed by atoms with Gasteiger partial charge in [-0.3, -0.25) is 25.7 Å². The largest absolute Gasteiger partial charge is 0.301 e. The van der Waals surface area contributed by atoms with E-state index >= 15 is 0 Å². The fraction of sp³-hybridized carbons (Fsp3) is 0.400. The summed E-state index contributed by atoms with van der Waals surface area (Å²) in [6.45, 7) is 3.69. The molecule has 0 spiro atoms. The molecule has 8 nitrogen and oxygen atoms in total. The van der Waals surface area contributed by atoms with E-state index in [9.17, 15) is 20.2 Å². The van der Waals surface area contributed by atoms with E-state index < -0.39 is 9.85 Å².